The van der Waals surface area contributed by atoms with Crippen molar-refractivity contribution >= 4 is 39.8 Å². The fourth-order valence-electron chi connectivity index (χ4n) is 2.28. The number of amides is 1. The van der Waals surface area contributed by atoms with Crippen molar-refractivity contribution in [3.8, 4) is 0 Å². The first kappa shape index (κ1) is 14.3. The van der Waals surface area contributed by atoms with Gasteiger partial charge in [-0.2, -0.15) is 0 Å². The number of nitrogens with one attached hydrogen (secondary N) is 1. The van der Waals surface area contributed by atoms with Gasteiger partial charge in [0.1, 0.15) is 0 Å². The molecule has 0 bridgehead atoms. The third kappa shape index (κ3) is 3.93. The summed E-state index contributed by atoms with van der Waals surface area (Å²) >= 11 is 3.86. The van der Waals surface area contributed by atoms with Crippen LogP contribution in [0.3, 0.4) is 0 Å². The molecule has 0 atom stereocenters. The Balaban J connectivity index is 1.74. The molecule has 5 heteroatoms. The largest absolute Gasteiger partial charge is 0.352 e. The Morgan fingerprint density at radius 2 is 2.28 bits per heavy atom. The van der Waals surface area contributed by atoms with Crippen molar-refractivity contribution in [2.45, 2.75) is 19.8 Å². The normalized spacial score (nSPS) is 17.9. The van der Waals surface area contributed by atoms with Gasteiger partial charge in [0.05, 0.1) is 8.45 Å². The molecule has 1 aliphatic heterocycles. The first-order valence-electron chi connectivity index (χ1n) is 6.43. The minimum atomic E-state index is 0.0760. The molecule has 18 heavy (non-hydrogen) atoms. The quantitative estimate of drug-likeness (QED) is 0.818. The van der Waals surface area contributed by atoms with Crippen LogP contribution in [-0.4, -0.2) is 37.0 Å². The molecule has 3 nitrogen and oxygen atoms in total. The van der Waals surface area contributed by atoms with E-state index in [1.54, 1.807) is 11.3 Å². The van der Waals surface area contributed by atoms with Crippen molar-refractivity contribution in [1.82, 2.24) is 10.2 Å². The predicted molar refractivity (Wildman–Crippen MR) is 84.2 cm³/mol. The molecule has 1 aromatic rings. The van der Waals surface area contributed by atoms with Crippen molar-refractivity contribution in [1.29, 1.82) is 0 Å². The van der Waals surface area contributed by atoms with Gasteiger partial charge in [0, 0.05) is 11.9 Å². The van der Waals surface area contributed by atoms with Crippen LogP contribution >= 0.6 is 33.9 Å². The molecule has 1 amide bonds. The highest BCUT2D eigenvalue weighted by Crippen LogP contribution is 2.18. The van der Waals surface area contributed by atoms with Gasteiger partial charge in [0.25, 0.3) is 5.91 Å². The van der Waals surface area contributed by atoms with Crippen LogP contribution in [0.25, 0.3) is 0 Å². The Kier molecular flexibility index (Phi) is 5.44. The molecule has 0 unspecified atom stereocenters. The van der Waals surface area contributed by atoms with E-state index in [4.69, 9.17) is 0 Å². The Bertz CT molecular complexity index is 399. The first-order valence-corrected chi connectivity index (χ1v) is 8.39. The van der Waals surface area contributed by atoms with Crippen LogP contribution in [0.15, 0.2) is 11.4 Å². The molecule has 1 N–H and O–H groups in total. The number of carbonyl (C=O) groups excluding carboxylic acids is 1. The highest BCUT2D eigenvalue weighted by Gasteiger charge is 2.18. The van der Waals surface area contributed by atoms with Gasteiger partial charge in [-0.3, -0.25) is 4.79 Å². The second-order valence-electron chi connectivity index (χ2n) is 4.73. The van der Waals surface area contributed by atoms with Gasteiger partial charge in [-0.05, 0) is 67.1 Å². The monoisotopic (exact) mass is 378 g/mol. The molecule has 0 radical (unpaired) electrons. The molecule has 0 saturated carbocycles. The van der Waals surface area contributed by atoms with Crippen molar-refractivity contribution in [2.75, 3.05) is 26.2 Å². The molecule has 1 aliphatic rings. The zero-order valence-electron chi connectivity index (χ0n) is 10.6. The standard InChI is InChI=1S/C13H19IN2OS/c1-2-16-5-3-10(4-6-16)8-15-13(17)11-7-12(14)18-9-11/h7,9-10H,2-6,8H2,1H3,(H,15,17). The van der Waals surface area contributed by atoms with E-state index >= 15 is 0 Å². The summed E-state index contributed by atoms with van der Waals surface area (Å²) in [4.78, 5) is 14.4. The fraction of sp³-hybridized carbons (Fsp3) is 0.615. The summed E-state index contributed by atoms with van der Waals surface area (Å²) in [6.45, 7) is 6.52. The SMILES string of the molecule is CCN1CCC(CNC(=O)c2csc(I)c2)CC1. The maximum absolute atomic E-state index is 11.9. The summed E-state index contributed by atoms with van der Waals surface area (Å²) in [6.07, 6.45) is 2.41. The molecule has 0 aliphatic carbocycles. The van der Waals surface area contributed by atoms with Crippen LogP contribution in [-0.2, 0) is 0 Å². The maximum Gasteiger partial charge on any atom is 0.252 e. The number of carbonyl (C=O) groups is 1. The number of halogens is 1. The number of rotatable bonds is 4. The summed E-state index contributed by atoms with van der Waals surface area (Å²) in [5, 5.41) is 4.99. The molecule has 0 aromatic carbocycles. The van der Waals surface area contributed by atoms with Gasteiger partial charge >= 0.3 is 0 Å². The van der Waals surface area contributed by atoms with E-state index in [-0.39, 0.29) is 5.91 Å². The lowest BCUT2D eigenvalue weighted by molar-refractivity contribution is 0.0937. The van der Waals surface area contributed by atoms with E-state index in [1.807, 2.05) is 11.4 Å². The summed E-state index contributed by atoms with van der Waals surface area (Å²) in [5.74, 6) is 0.724. The van der Waals surface area contributed by atoms with E-state index < -0.39 is 0 Å². The number of thiophene rings is 1. The third-order valence-electron chi connectivity index (χ3n) is 3.54. The number of nitrogens with zero attached hydrogens (tertiary/aromatic N) is 1. The number of hydrogen-bond acceptors (Lipinski definition) is 3. The molecule has 2 rings (SSSR count). The number of likely N-dealkylation sites (tertiary alicyclic amines) is 1. The summed E-state index contributed by atoms with van der Waals surface area (Å²) in [5.41, 5.74) is 0.801. The van der Waals surface area contributed by atoms with Gasteiger partial charge < -0.3 is 10.2 Å². The Morgan fingerprint density at radius 3 is 2.83 bits per heavy atom. The van der Waals surface area contributed by atoms with Gasteiger partial charge in [-0.1, -0.05) is 6.92 Å². The summed E-state index contributed by atoms with van der Waals surface area (Å²) < 4.78 is 1.16. The van der Waals surface area contributed by atoms with Crippen LogP contribution in [0.2, 0.25) is 0 Å². The lowest BCUT2D eigenvalue weighted by atomic mass is 9.97. The minimum absolute atomic E-state index is 0.0760. The van der Waals surface area contributed by atoms with Gasteiger partial charge in [0.2, 0.25) is 0 Å². The first-order chi connectivity index (χ1) is 8.69. The van der Waals surface area contributed by atoms with Crippen molar-refractivity contribution < 1.29 is 4.79 Å². The van der Waals surface area contributed by atoms with Gasteiger partial charge in [0.15, 0.2) is 0 Å². The van der Waals surface area contributed by atoms with Crippen LogP contribution in [0.4, 0.5) is 0 Å². The lowest BCUT2D eigenvalue weighted by Gasteiger charge is -2.30. The Labute approximate surface area is 126 Å². The molecule has 2 heterocycles. The third-order valence-corrected chi connectivity index (χ3v) is 5.32. The van der Waals surface area contributed by atoms with E-state index in [1.165, 1.54) is 25.9 Å². The molecular weight excluding hydrogens is 359 g/mol. The summed E-state index contributed by atoms with van der Waals surface area (Å²) in [6, 6.07) is 1.94. The van der Waals surface area contributed by atoms with E-state index in [0.717, 1.165) is 21.5 Å². The van der Waals surface area contributed by atoms with Crippen LogP contribution in [0.5, 0.6) is 0 Å². The maximum atomic E-state index is 11.9. The van der Waals surface area contributed by atoms with Crippen LogP contribution in [0.1, 0.15) is 30.1 Å². The van der Waals surface area contributed by atoms with E-state index in [9.17, 15) is 4.79 Å². The number of piperidine rings is 1. The highest BCUT2D eigenvalue weighted by atomic mass is 127. The average Bonchev–Trinajstić information content (AvgIpc) is 2.83. The lowest BCUT2D eigenvalue weighted by Crippen LogP contribution is -2.38. The molecule has 1 saturated heterocycles. The molecule has 1 aromatic heterocycles. The average molecular weight is 378 g/mol. The van der Waals surface area contributed by atoms with Crippen molar-refractivity contribution in [2.24, 2.45) is 5.92 Å². The Hall–Kier alpha value is -0.140. The second kappa shape index (κ2) is 6.86. The Morgan fingerprint density at radius 1 is 1.56 bits per heavy atom. The van der Waals surface area contributed by atoms with E-state index in [0.29, 0.717) is 5.92 Å². The molecular formula is C13H19IN2OS. The predicted octanol–water partition coefficient (Wildman–Crippen LogP) is 2.81. The molecule has 1 fully saturated rings. The highest BCUT2D eigenvalue weighted by molar-refractivity contribution is 14.1. The van der Waals surface area contributed by atoms with Crippen LogP contribution in [0, 0.1) is 8.80 Å². The van der Waals surface area contributed by atoms with Crippen molar-refractivity contribution in [3.63, 3.8) is 0 Å². The smallest absolute Gasteiger partial charge is 0.252 e. The number of hydrogen-bond donors (Lipinski definition) is 1. The zero-order chi connectivity index (χ0) is 13.0. The topological polar surface area (TPSA) is 32.3 Å². The van der Waals surface area contributed by atoms with Crippen LogP contribution < -0.4 is 5.32 Å². The molecule has 0 spiro atoms. The fourth-order valence-corrected chi connectivity index (χ4v) is 3.60. The van der Waals surface area contributed by atoms with Gasteiger partial charge in [-0.15, -0.1) is 11.3 Å². The van der Waals surface area contributed by atoms with E-state index in [2.05, 4.69) is 39.7 Å². The summed E-state index contributed by atoms with van der Waals surface area (Å²) in [7, 11) is 0. The zero-order valence-corrected chi connectivity index (χ0v) is 13.6. The van der Waals surface area contributed by atoms with Gasteiger partial charge in [-0.25, -0.2) is 0 Å². The minimum Gasteiger partial charge on any atom is -0.352 e. The molecule has 100 valence electrons. The second-order valence-corrected chi connectivity index (χ2v) is 7.53. The van der Waals surface area contributed by atoms with Crippen molar-refractivity contribution in [3.05, 3.63) is 19.9 Å².